The lowest BCUT2D eigenvalue weighted by atomic mass is 10.2. The minimum Gasteiger partial charge on any atom is -0.265 e. The third-order valence-electron chi connectivity index (χ3n) is 2.79. The molecule has 3 rings (SSSR count). The number of pyridine rings is 1. The summed E-state index contributed by atoms with van der Waals surface area (Å²) in [6, 6.07) is 26.9. The molecule has 0 amide bonds. The average Bonchev–Trinajstić information content (AvgIpc) is 2.63. The molecule has 2 aromatic carbocycles. The SMILES string of the molecule is c1ccc(CSSCc2ccccc2)cc1.c1ccncc1. The second-order valence-electron chi connectivity index (χ2n) is 4.52. The lowest BCUT2D eigenvalue weighted by Crippen LogP contribution is -1.78. The maximum atomic E-state index is 3.78. The van der Waals surface area contributed by atoms with Crippen LogP contribution in [0.25, 0.3) is 0 Å². The Bertz CT molecular complexity index is 532. The van der Waals surface area contributed by atoms with Crippen molar-refractivity contribution < 1.29 is 0 Å². The molecule has 0 atom stereocenters. The molecule has 0 aliphatic rings. The highest BCUT2D eigenvalue weighted by Crippen LogP contribution is 2.29. The maximum absolute atomic E-state index is 3.78. The highest BCUT2D eigenvalue weighted by atomic mass is 33.1. The summed E-state index contributed by atoms with van der Waals surface area (Å²) in [5, 5.41) is 0. The third-order valence-corrected chi connectivity index (χ3v) is 5.06. The number of rotatable bonds is 5. The minimum absolute atomic E-state index is 1.08. The van der Waals surface area contributed by atoms with Crippen LogP contribution in [0.4, 0.5) is 0 Å². The van der Waals surface area contributed by atoms with E-state index in [9.17, 15) is 0 Å². The van der Waals surface area contributed by atoms with Crippen molar-refractivity contribution in [3.63, 3.8) is 0 Å². The van der Waals surface area contributed by atoms with Gasteiger partial charge in [-0.3, -0.25) is 4.98 Å². The van der Waals surface area contributed by atoms with Crippen LogP contribution in [-0.4, -0.2) is 4.98 Å². The first-order chi connectivity index (χ1) is 10.9. The average molecular weight is 326 g/mol. The zero-order valence-electron chi connectivity index (χ0n) is 12.3. The molecule has 0 aliphatic carbocycles. The fraction of sp³-hybridized carbons (Fsp3) is 0.105. The Balaban J connectivity index is 0.000000246. The zero-order valence-corrected chi connectivity index (χ0v) is 14.0. The lowest BCUT2D eigenvalue weighted by Gasteiger charge is -2.01. The van der Waals surface area contributed by atoms with E-state index in [1.165, 1.54) is 11.1 Å². The second kappa shape index (κ2) is 10.9. The summed E-state index contributed by atoms with van der Waals surface area (Å²) >= 11 is 0. The Labute approximate surface area is 140 Å². The van der Waals surface area contributed by atoms with Gasteiger partial charge < -0.3 is 0 Å². The topological polar surface area (TPSA) is 12.9 Å². The number of nitrogens with zero attached hydrogens (tertiary/aromatic N) is 1. The fourth-order valence-corrected chi connectivity index (χ4v) is 3.82. The standard InChI is InChI=1S/C14H14S2.C5H5N/c1-3-7-13(8-4-1)11-15-16-12-14-9-5-2-6-10-14;1-2-4-6-5-3-1/h1-10H,11-12H2;1-5H. The Hall–Kier alpha value is -1.71. The van der Waals surface area contributed by atoms with Crippen LogP contribution in [0.15, 0.2) is 91.3 Å². The van der Waals surface area contributed by atoms with Crippen LogP contribution in [0.1, 0.15) is 11.1 Å². The van der Waals surface area contributed by atoms with E-state index >= 15 is 0 Å². The molecule has 0 aliphatic heterocycles. The predicted molar refractivity (Wildman–Crippen MR) is 99.7 cm³/mol. The first kappa shape index (κ1) is 16.7. The number of hydrogen-bond donors (Lipinski definition) is 0. The van der Waals surface area contributed by atoms with Gasteiger partial charge in [0.25, 0.3) is 0 Å². The maximum Gasteiger partial charge on any atom is 0.0288 e. The van der Waals surface area contributed by atoms with E-state index in [1.54, 1.807) is 12.4 Å². The van der Waals surface area contributed by atoms with Crippen LogP contribution in [0.3, 0.4) is 0 Å². The summed E-state index contributed by atoms with van der Waals surface area (Å²) < 4.78 is 0. The molecular weight excluding hydrogens is 306 g/mol. The van der Waals surface area contributed by atoms with Gasteiger partial charge in [0, 0.05) is 23.9 Å². The van der Waals surface area contributed by atoms with E-state index < -0.39 is 0 Å². The third kappa shape index (κ3) is 7.34. The molecule has 3 heteroatoms. The molecule has 1 nitrogen and oxygen atoms in total. The van der Waals surface area contributed by atoms with Crippen molar-refractivity contribution in [3.05, 3.63) is 102 Å². The first-order valence-corrected chi connectivity index (χ1v) is 9.61. The number of benzene rings is 2. The number of hydrogen-bond acceptors (Lipinski definition) is 3. The quantitative estimate of drug-likeness (QED) is 0.431. The van der Waals surface area contributed by atoms with Gasteiger partial charge in [-0.25, -0.2) is 0 Å². The summed E-state index contributed by atoms with van der Waals surface area (Å²) in [6.45, 7) is 0. The molecule has 0 saturated carbocycles. The van der Waals surface area contributed by atoms with Crippen LogP contribution in [0, 0.1) is 0 Å². The number of aromatic nitrogens is 1. The van der Waals surface area contributed by atoms with Crippen LogP contribution in [0.5, 0.6) is 0 Å². The molecular formula is C19H19NS2. The molecule has 22 heavy (non-hydrogen) atoms. The van der Waals surface area contributed by atoms with E-state index in [2.05, 4.69) is 65.6 Å². The highest BCUT2D eigenvalue weighted by Gasteiger charge is 1.94. The van der Waals surface area contributed by atoms with Crippen molar-refractivity contribution in [2.45, 2.75) is 11.5 Å². The lowest BCUT2D eigenvalue weighted by molar-refractivity contribution is 1.33. The van der Waals surface area contributed by atoms with Crippen molar-refractivity contribution >= 4 is 21.6 Å². The van der Waals surface area contributed by atoms with E-state index in [0.717, 1.165) is 11.5 Å². The minimum atomic E-state index is 1.08. The van der Waals surface area contributed by atoms with Crippen molar-refractivity contribution in [1.82, 2.24) is 4.98 Å². The Morgan fingerprint density at radius 3 is 1.27 bits per heavy atom. The Morgan fingerprint density at radius 1 is 0.545 bits per heavy atom. The van der Waals surface area contributed by atoms with Crippen molar-refractivity contribution in [2.75, 3.05) is 0 Å². The Kier molecular flexibility index (Phi) is 8.28. The summed E-state index contributed by atoms with van der Waals surface area (Å²) in [5.41, 5.74) is 2.79. The van der Waals surface area contributed by atoms with E-state index in [1.807, 2.05) is 39.8 Å². The van der Waals surface area contributed by atoms with E-state index in [-0.39, 0.29) is 0 Å². The molecule has 0 saturated heterocycles. The molecule has 1 heterocycles. The van der Waals surface area contributed by atoms with Crippen molar-refractivity contribution in [3.8, 4) is 0 Å². The molecule has 0 spiro atoms. The molecule has 3 aromatic rings. The molecule has 0 bridgehead atoms. The van der Waals surface area contributed by atoms with Gasteiger partial charge in [-0.2, -0.15) is 0 Å². The highest BCUT2D eigenvalue weighted by molar-refractivity contribution is 8.76. The van der Waals surface area contributed by atoms with Crippen molar-refractivity contribution in [2.24, 2.45) is 0 Å². The molecule has 0 radical (unpaired) electrons. The first-order valence-electron chi connectivity index (χ1n) is 7.12. The van der Waals surface area contributed by atoms with Crippen molar-refractivity contribution in [1.29, 1.82) is 0 Å². The molecule has 0 fully saturated rings. The van der Waals surface area contributed by atoms with Gasteiger partial charge in [-0.1, -0.05) is 88.3 Å². The van der Waals surface area contributed by atoms with Gasteiger partial charge in [0.2, 0.25) is 0 Å². The van der Waals surface area contributed by atoms with Crippen LogP contribution >= 0.6 is 21.6 Å². The van der Waals surface area contributed by atoms with Gasteiger partial charge in [0.05, 0.1) is 0 Å². The summed E-state index contributed by atoms with van der Waals surface area (Å²) in [6.07, 6.45) is 3.50. The van der Waals surface area contributed by atoms with Crippen LogP contribution in [-0.2, 0) is 11.5 Å². The normalized spacial score (nSPS) is 9.64. The summed E-state index contributed by atoms with van der Waals surface area (Å²) in [4.78, 5) is 3.78. The summed E-state index contributed by atoms with van der Waals surface area (Å²) in [5.74, 6) is 2.16. The van der Waals surface area contributed by atoms with Gasteiger partial charge in [-0.15, -0.1) is 0 Å². The Morgan fingerprint density at radius 2 is 0.955 bits per heavy atom. The predicted octanol–water partition coefficient (Wildman–Crippen LogP) is 5.85. The van der Waals surface area contributed by atoms with Gasteiger partial charge in [-0.05, 0) is 23.3 Å². The zero-order chi connectivity index (χ0) is 15.3. The smallest absolute Gasteiger partial charge is 0.0288 e. The second-order valence-corrected chi connectivity index (χ2v) is 6.98. The van der Waals surface area contributed by atoms with Gasteiger partial charge in [0.1, 0.15) is 0 Å². The van der Waals surface area contributed by atoms with E-state index in [4.69, 9.17) is 0 Å². The van der Waals surface area contributed by atoms with Crippen LogP contribution < -0.4 is 0 Å². The molecule has 1 aromatic heterocycles. The monoisotopic (exact) mass is 325 g/mol. The fourth-order valence-electron chi connectivity index (χ4n) is 1.68. The van der Waals surface area contributed by atoms with Gasteiger partial charge >= 0.3 is 0 Å². The largest absolute Gasteiger partial charge is 0.265 e. The summed E-state index contributed by atoms with van der Waals surface area (Å²) in [7, 11) is 3.84. The molecule has 0 unspecified atom stereocenters. The molecule has 0 N–H and O–H groups in total. The van der Waals surface area contributed by atoms with Crippen LogP contribution in [0.2, 0.25) is 0 Å². The van der Waals surface area contributed by atoms with E-state index in [0.29, 0.717) is 0 Å². The molecule has 112 valence electrons. The van der Waals surface area contributed by atoms with Gasteiger partial charge in [0.15, 0.2) is 0 Å².